The van der Waals surface area contributed by atoms with Gasteiger partial charge in [-0.1, -0.05) is 72.8 Å². The van der Waals surface area contributed by atoms with Crippen LogP contribution in [0.15, 0.2) is 84.9 Å². The minimum absolute atomic E-state index is 0.278. The first kappa shape index (κ1) is 61.6. The number of alkyl carbamates (subject to hydrolysis) is 2. The number of halogens is 3. The van der Waals surface area contributed by atoms with E-state index in [0.717, 1.165) is 41.7 Å². The van der Waals surface area contributed by atoms with E-state index in [2.05, 4.69) is 28.8 Å². The molecule has 1 aliphatic heterocycles. The number of benzene rings is 4. The fourth-order valence-corrected chi connectivity index (χ4v) is 5.65. The van der Waals surface area contributed by atoms with Crippen molar-refractivity contribution in [2.45, 2.75) is 90.4 Å². The highest BCUT2D eigenvalue weighted by atomic mass is 19.4. The molecule has 0 aliphatic carbocycles. The fraction of sp³-hybridized carbons (Fsp3) is 0.549. The summed E-state index contributed by atoms with van der Waals surface area (Å²) in [6.07, 6.45) is -3.76. The van der Waals surface area contributed by atoms with E-state index in [1.165, 1.54) is 10.8 Å². The average molecular weight is 1010 g/mol. The predicted octanol–water partition coefficient (Wildman–Crippen LogP) is 8.06. The van der Waals surface area contributed by atoms with E-state index in [1.807, 2.05) is 108 Å². The van der Waals surface area contributed by atoms with Gasteiger partial charge in [-0.3, -0.25) is 0 Å². The van der Waals surface area contributed by atoms with Crippen LogP contribution in [-0.4, -0.2) is 150 Å². The van der Waals surface area contributed by atoms with Crippen LogP contribution < -0.4 is 25.8 Å². The number of aliphatic hydroxyl groups excluding tert-OH is 1. The number of nitrogens with two attached hydrogens (primary N) is 1. The number of rotatable bonds is 25. The molecule has 1 saturated heterocycles. The van der Waals surface area contributed by atoms with Crippen LogP contribution in [0.25, 0.3) is 21.5 Å². The molecule has 398 valence electrons. The molecule has 5 rings (SSSR count). The quantitative estimate of drug-likeness (QED) is 0.0312. The third kappa shape index (κ3) is 31.5. The fourth-order valence-electron chi connectivity index (χ4n) is 5.65. The lowest BCUT2D eigenvalue weighted by molar-refractivity contribution is -0.192. The molecule has 71 heavy (non-hydrogen) atoms. The van der Waals surface area contributed by atoms with Gasteiger partial charge in [0.25, 0.3) is 0 Å². The van der Waals surface area contributed by atoms with Crippen molar-refractivity contribution in [1.82, 2.24) is 10.6 Å². The van der Waals surface area contributed by atoms with Gasteiger partial charge in [0.15, 0.2) is 0 Å². The molecule has 4 aromatic carbocycles. The molecule has 1 fully saturated rings. The number of alkyl halides is 3. The molecular weight excluding hydrogens is 936 g/mol. The lowest BCUT2D eigenvalue weighted by atomic mass is 10.1. The number of carbonyl (C=O) groups excluding carboxylic acids is 2. The molecule has 1 aliphatic rings. The molecule has 0 saturated carbocycles. The summed E-state index contributed by atoms with van der Waals surface area (Å²) < 4.78 is 79.9. The molecule has 4 aromatic rings. The Balaban J connectivity index is 0.000000370. The summed E-state index contributed by atoms with van der Waals surface area (Å²) in [4.78, 5) is 31.6. The summed E-state index contributed by atoms with van der Waals surface area (Å²) in [5, 5.41) is 27.1. The van der Waals surface area contributed by atoms with Gasteiger partial charge in [-0.15, -0.1) is 0 Å². The van der Waals surface area contributed by atoms with E-state index >= 15 is 0 Å². The van der Waals surface area contributed by atoms with E-state index < -0.39 is 41.6 Å². The number of carboxylic acids is 1. The summed E-state index contributed by atoms with van der Waals surface area (Å²) in [5.74, 6) is -1.01. The molecule has 0 aromatic heterocycles. The first-order valence-electron chi connectivity index (χ1n) is 23.4. The molecule has 0 spiro atoms. The smallest absolute Gasteiger partial charge is 0.490 e. The number of hydrogen-bond donors (Lipinski definition) is 5. The second kappa shape index (κ2) is 34.0. The van der Waals surface area contributed by atoms with Crippen molar-refractivity contribution in [2.24, 2.45) is 5.73 Å². The molecule has 2 atom stereocenters. The molecule has 0 bridgehead atoms. The Labute approximate surface area is 414 Å². The van der Waals surface area contributed by atoms with Crippen molar-refractivity contribution in [3.05, 3.63) is 84.9 Å². The van der Waals surface area contributed by atoms with E-state index in [0.29, 0.717) is 91.6 Å². The number of fused-ring (bicyclic) bond motifs is 2. The number of carboxylic acid groups (broad SMARTS) is 1. The van der Waals surface area contributed by atoms with E-state index in [9.17, 15) is 27.9 Å². The van der Waals surface area contributed by atoms with Gasteiger partial charge in [0.05, 0.1) is 59.0 Å². The Bertz CT molecular complexity index is 2080. The monoisotopic (exact) mass is 1010 g/mol. The van der Waals surface area contributed by atoms with Crippen LogP contribution in [0.4, 0.5) is 22.8 Å². The van der Waals surface area contributed by atoms with Gasteiger partial charge in [0.1, 0.15) is 42.0 Å². The number of nitrogens with one attached hydrogen (secondary N) is 2. The number of carbonyl (C=O) groups is 3. The van der Waals surface area contributed by atoms with Crippen LogP contribution in [0.1, 0.15) is 60.8 Å². The highest BCUT2D eigenvalue weighted by molar-refractivity contribution is 5.89. The molecule has 20 heteroatoms. The molecule has 1 heterocycles. The number of aliphatic hydroxyl groups is 1. The van der Waals surface area contributed by atoms with Gasteiger partial charge < -0.3 is 69.2 Å². The zero-order chi connectivity index (χ0) is 52.5. The molecule has 17 nitrogen and oxygen atoms in total. The molecule has 2 amide bonds. The van der Waals surface area contributed by atoms with Gasteiger partial charge >= 0.3 is 24.3 Å². The van der Waals surface area contributed by atoms with Crippen molar-refractivity contribution in [1.29, 1.82) is 0 Å². The van der Waals surface area contributed by atoms with Crippen molar-refractivity contribution in [3.63, 3.8) is 0 Å². The Morgan fingerprint density at radius 2 is 1.07 bits per heavy atom. The van der Waals surface area contributed by atoms with Crippen LogP contribution in [-0.2, 0) is 38.0 Å². The second-order valence-corrected chi connectivity index (χ2v) is 17.6. The predicted molar refractivity (Wildman–Crippen MR) is 263 cm³/mol. The Hall–Kier alpha value is -5.48. The number of ether oxygens (including phenoxy) is 9. The van der Waals surface area contributed by atoms with Gasteiger partial charge in [0, 0.05) is 37.0 Å². The average Bonchev–Trinajstić information content (AvgIpc) is 4.14. The highest BCUT2D eigenvalue weighted by Crippen LogP contribution is 2.27. The Kier molecular flexibility index (Phi) is 29.5. The van der Waals surface area contributed by atoms with Crippen molar-refractivity contribution in [2.75, 3.05) is 92.3 Å². The van der Waals surface area contributed by atoms with Crippen LogP contribution in [0, 0.1) is 0 Å². The van der Waals surface area contributed by atoms with Crippen LogP contribution in [0.2, 0.25) is 0 Å². The van der Waals surface area contributed by atoms with Crippen LogP contribution in [0.3, 0.4) is 0 Å². The van der Waals surface area contributed by atoms with Gasteiger partial charge in [-0.05, 0) is 83.7 Å². The third-order valence-corrected chi connectivity index (χ3v) is 8.91. The van der Waals surface area contributed by atoms with Gasteiger partial charge in [0.2, 0.25) is 0 Å². The van der Waals surface area contributed by atoms with Crippen molar-refractivity contribution < 1.29 is 80.4 Å². The van der Waals surface area contributed by atoms with Gasteiger partial charge in [-0.25, -0.2) is 14.4 Å². The molecule has 6 N–H and O–H groups in total. The zero-order valence-corrected chi connectivity index (χ0v) is 41.8. The summed E-state index contributed by atoms with van der Waals surface area (Å²) in [7, 11) is 0. The maximum absolute atomic E-state index is 11.5. The van der Waals surface area contributed by atoms with Crippen LogP contribution >= 0.6 is 0 Å². The highest BCUT2D eigenvalue weighted by Gasteiger charge is 2.38. The van der Waals surface area contributed by atoms with Crippen molar-refractivity contribution >= 4 is 39.7 Å². The maximum atomic E-state index is 11.5. The Morgan fingerprint density at radius 1 is 0.648 bits per heavy atom. The minimum atomic E-state index is -5.08. The summed E-state index contributed by atoms with van der Waals surface area (Å²) in [6.45, 7) is 18.0. The normalized spacial score (nSPS) is 13.5. The molecular formula is C51H74F3N3O14. The summed E-state index contributed by atoms with van der Waals surface area (Å²) in [5.41, 5.74) is 4.27. The van der Waals surface area contributed by atoms with E-state index in [-0.39, 0.29) is 6.61 Å². The Morgan fingerprint density at radius 3 is 1.51 bits per heavy atom. The second-order valence-electron chi connectivity index (χ2n) is 17.6. The largest absolute Gasteiger partial charge is 0.490 e. The zero-order valence-electron chi connectivity index (χ0n) is 41.8. The third-order valence-electron chi connectivity index (χ3n) is 8.91. The van der Waals surface area contributed by atoms with Crippen molar-refractivity contribution in [3.8, 4) is 11.5 Å². The lowest BCUT2D eigenvalue weighted by Crippen LogP contribution is -2.34. The SMILES string of the molecule is CC(C)(C)OC(=O)NCCOCCOCCCC[C@H](O)COc1cccc2ccccc12.CC(C)(C)OC(=O)NCCOCCOCCN.O=C(O)C(F)(F)F.c1ccc2c(OC[C@@H]3CO3)cccc2c1. The lowest BCUT2D eigenvalue weighted by Gasteiger charge is -2.19. The number of aliphatic carboxylic acids is 1. The van der Waals surface area contributed by atoms with E-state index in [1.54, 1.807) is 0 Å². The molecule has 0 unspecified atom stereocenters. The first-order valence-corrected chi connectivity index (χ1v) is 23.4. The van der Waals surface area contributed by atoms with Gasteiger partial charge in [-0.2, -0.15) is 13.2 Å². The minimum Gasteiger partial charge on any atom is -0.490 e. The number of hydrogen-bond acceptors (Lipinski definition) is 14. The summed E-state index contributed by atoms with van der Waals surface area (Å²) in [6, 6.07) is 28.3. The topological polar surface area (TPSA) is 228 Å². The van der Waals surface area contributed by atoms with E-state index in [4.69, 9.17) is 58.3 Å². The maximum Gasteiger partial charge on any atom is 0.490 e. The number of epoxide rings is 1. The number of amides is 2. The first-order chi connectivity index (χ1) is 33.7. The number of unbranched alkanes of at least 4 members (excludes halogenated alkanes) is 1. The molecule has 0 radical (unpaired) electrons. The standard InChI is InChI=1S/C25H37NO6.C13H12O2.C11H24N2O4.C2HF3O2/c1-25(2,3)32-24(28)26-14-16-30-18-17-29-15-7-6-11-21(27)19-31-23-13-8-10-20-9-4-5-12-22(20)23;1-2-6-12-10(4-1)5-3-7-13(12)15-9-11-8-14-11;1-11(2,3)17-10(14)13-5-7-16-9-8-15-6-4-12;3-2(4,5)1(6)7/h4-5,8-10,12-13,21,27H,6-7,11,14-19H2,1-3H3,(H,26,28);1-7,11H,8-9H2;4-9,12H2,1-3H3,(H,13,14);(H,6,7)/t21-;11-;;/m00../s1. The summed E-state index contributed by atoms with van der Waals surface area (Å²) >= 11 is 0. The van der Waals surface area contributed by atoms with Crippen LogP contribution in [0.5, 0.6) is 11.5 Å².